The van der Waals surface area contributed by atoms with E-state index >= 15 is 0 Å². The number of halogens is 1. The lowest BCUT2D eigenvalue weighted by atomic mass is 10.1. The molecule has 0 fully saturated rings. The van der Waals surface area contributed by atoms with Crippen LogP contribution in [0.15, 0.2) is 48.0 Å². The Morgan fingerprint density at radius 2 is 2.07 bits per heavy atom. The molecule has 0 radical (unpaired) electrons. The highest BCUT2D eigenvalue weighted by atomic mass is 32.1. The second-order valence-corrected chi connectivity index (χ2v) is 7.84. The minimum Gasteiger partial charge on any atom is -0.319 e. The molecule has 7 heteroatoms. The molecule has 4 rings (SSSR count). The number of carbonyl (C=O) groups excluding carboxylic acids is 1. The van der Waals surface area contributed by atoms with Gasteiger partial charge in [-0.2, -0.15) is 5.10 Å². The number of nitrogens with one attached hydrogen (secondary N) is 1. The Bertz CT molecular complexity index is 1160. The number of anilines is 1. The number of thiophene rings is 1. The van der Waals surface area contributed by atoms with Crippen molar-refractivity contribution in [3.05, 3.63) is 64.9 Å². The van der Waals surface area contributed by atoms with Gasteiger partial charge in [0, 0.05) is 6.04 Å². The van der Waals surface area contributed by atoms with E-state index < -0.39 is 11.7 Å². The van der Waals surface area contributed by atoms with Crippen molar-refractivity contribution in [2.45, 2.75) is 26.8 Å². The SMILES string of the molecule is Cc1ccc(NC(=O)c2cc(-c3cccs3)nc3c2cnn3C(C)C)c(F)c1. The molecular formula is C21H19FN4OS. The number of hydrogen-bond acceptors (Lipinski definition) is 4. The summed E-state index contributed by atoms with van der Waals surface area (Å²) in [6, 6.07) is 10.4. The maximum absolute atomic E-state index is 14.2. The van der Waals surface area contributed by atoms with Gasteiger partial charge >= 0.3 is 0 Å². The Morgan fingerprint density at radius 3 is 2.75 bits per heavy atom. The number of nitrogens with zero attached hydrogens (tertiary/aromatic N) is 3. The van der Waals surface area contributed by atoms with Gasteiger partial charge in [0.05, 0.1) is 33.4 Å². The molecule has 3 aromatic heterocycles. The molecule has 1 amide bonds. The molecule has 0 unspecified atom stereocenters. The van der Waals surface area contributed by atoms with Crippen LogP contribution in [-0.2, 0) is 0 Å². The van der Waals surface area contributed by atoms with Crippen molar-refractivity contribution >= 4 is 34.0 Å². The van der Waals surface area contributed by atoms with Crippen LogP contribution in [0.4, 0.5) is 10.1 Å². The largest absolute Gasteiger partial charge is 0.319 e. The second-order valence-electron chi connectivity index (χ2n) is 6.89. The fraction of sp³-hybridized carbons (Fsp3) is 0.190. The predicted octanol–water partition coefficient (Wildman–Crippen LogP) is 5.44. The summed E-state index contributed by atoms with van der Waals surface area (Å²) in [6.45, 7) is 5.81. The topological polar surface area (TPSA) is 59.8 Å². The number of hydrogen-bond donors (Lipinski definition) is 1. The number of rotatable bonds is 4. The molecule has 0 saturated heterocycles. The van der Waals surface area contributed by atoms with Crippen molar-refractivity contribution in [3.63, 3.8) is 0 Å². The van der Waals surface area contributed by atoms with Crippen LogP contribution in [0, 0.1) is 12.7 Å². The Labute approximate surface area is 165 Å². The number of aromatic nitrogens is 3. The van der Waals surface area contributed by atoms with E-state index in [2.05, 4.69) is 10.4 Å². The molecule has 4 aromatic rings. The van der Waals surface area contributed by atoms with Gasteiger partial charge in [0.25, 0.3) is 5.91 Å². The van der Waals surface area contributed by atoms with E-state index in [4.69, 9.17) is 4.98 Å². The van der Waals surface area contributed by atoms with Crippen LogP contribution in [0.2, 0.25) is 0 Å². The van der Waals surface area contributed by atoms with Gasteiger partial charge in [-0.25, -0.2) is 14.1 Å². The monoisotopic (exact) mass is 394 g/mol. The normalized spacial score (nSPS) is 11.3. The van der Waals surface area contributed by atoms with Crippen LogP contribution >= 0.6 is 11.3 Å². The highest BCUT2D eigenvalue weighted by Gasteiger charge is 2.19. The van der Waals surface area contributed by atoms with Crippen LogP contribution in [0.5, 0.6) is 0 Å². The van der Waals surface area contributed by atoms with E-state index in [-0.39, 0.29) is 11.7 Å². The summed E-state index contributed by atoms with van der Waals surface area (Å²) < 4.78 is 16.0. The molecule has 0 bridgehead atoms. The molecule has 0 spiro atoms. The number of carbonyl (C=O) groups is 1. The summed E-state index contributed by atoms with van der Waals surface area (Å²) in [5, 5.41) is 9.68. The minimum absolute atomic E-state index is 0.0917. The second kappa shape index (κ2) is 7.16. The van der Waals surface area contributed by atoms with E-state index in [9.17, 15) is 9.18 Å². The number of fused-ring (bicyclic) bond motifs is 1. The average Bonchev–Trinajstić information content (AvgIpc) is 3.32. The molecule has 0 saturated carbocycles. The Hall–Kier alpha value is -3.06. The molecule has 1 aromatic carbocycles. The lowest BCUT2D eigenvalue weighted by Gasteiger charge is -2.11. The first-order chi connectivity index (χ1) is 13.4. The zero-order valence-corrected chi connectivity index (χ0v) is 16.5. The molecule has 5 nitrogen and oxygen atoms in total. The molecule has 142 valence electrons. The smallest absolute Gasteiger partial charge is 0.256 e. The summed E-state index contributed by atoms with van der Waals surface area (Å²) in [4.78, 5) is 18.7. The maximum atomic E-state index is 14.2. The van der Waals surface area contributed by atoms with Gasteiger partial charge in [0.1, 0.15) is 5.82 Å². The standard InChI is InChI=1S/C21H19FN4OS/c1-12(2)26-20-15(11-23-26)14(10-18(24-20)19-5-4-8-28-19)21(27)25-17-7-6-13(3)9-16(17)22/h4-12H,1-3H3,(H,25,27). The van der Waals surface area contributed by atoms with Crippen molar-refractivity contribution in [2.24, 2.45) is 0 Å². The number of pyridine rings is 1. The lowest BCUT2D eigenvalue weighted by Crippen LogP contribution is -2.14. The molecular weight excluding hydrogens is 375 g/mol. The summed E-state index contributed by atoms with van der Waals surface area (Å²) in [5.74, 6) is -0.855. The number of benzene rings is 1. The lowest BCUT2D eigenvalue weighted by molar-refractivity contribution is 0.102. The van der Waals surface area contributed by atoms with Gasteiger partial charge in [0.15, 0.2) is 5.65 Å². The van der Waals surface area contributed by atoms with Gasteiger partial charge < -0.3 is 5.32 Å². The molecule has 3 heterocycles. The van der Waals surface area contributed by atoms with Gasteiger partial charge in [-0.05, 0) is 56.0 Å². The van der Waals surface area contributed by atoms with Crippen molar-refractivity contribution in [3.8, 4) is 10.6 Å². The number of amides is 1. The van der Waals surface area contributed by atoms with Crippen LogP contribution in [-0.4, -0.2) is 20.7 Å². The van der Waals surface area contributed by atoms with Crippen LogP contribution in [0.1, 0.15) is 35.8 Å². The van der Waals surface area contributed by atoms with Crippen LogP contribution in [0.3, 0.4) is 0 Å². The molecule has 0 aliphatic carbocycles. The molecule has 0 aliphatic rings. The first-order valence-corrected chi connectivity index (χ1v) is 9.81. The van der Waals surface area contributed by atoms with Crippen molar-refractivity contribution in [1.29, 1.82) is 0 Å². The third kappa shape index (κ3) is 3.29. The fourth-order valence-electron chi connectivity index (χ4n) is 3.05. The molecule has 28 heavy (non-hydrogen) atoms. The van der Waals surface area contributed by atoms with Gasteiger partial charge in [0.2, 0.25) is 0 Å². The van der Waals surface area contributed by atoms with Crippen LogP contribution < -0.4 is 5.32 Å². The molecule has 0 atom stereocenters. The van der Waals surface area contributed by atoms with Gasteiger partial charge in [-0.1, -0.05) is 12.1 Å². The Morgan fingerprint density at radius 1 is 1.25 bits per heavy atom. The van der Waals surface area contributed by atoms with E-state index in [0.717, 1.165) is 10.4 Å². The Kier molecular flexibility index (Phi) is 4.68. The fourth-order valence-corrected chi connectivity index (χ4v) is 3.73. The summed E-state index contributed by atoms with van der Waals surface area (Å²) in [7, 11) is 0. The van der Waals surface area contributed by atoms with Crippen molar-refractivity contribution in [1.82, 2.24) is 14.8 Å². The van der Waals surface area contributed by atoms with Crippen molar-refractivity contribution < 1.29 is 9.18 Å². The minimum atomic E-state index is -0.463. The van der Waals surface area contributed by atoms with Crippen molar-refractivity contribution in [2.75, 3.05) is 5.32 Å². The predicted molar refractivity (Wildman–Crippen MR) is 110 cm³/mol. The third-order valence-electron chi connectivity index (χ3n) is 4.45. The summed E-state index contributed by atoms with van der Waals surface area (Å²) in [6.07, 6.45) is 1.64. The first kappa shape index (κ1) is 18.3. The van der Waals surface area contributed by atoms with E-state index in [0.29, 0.717) is 22.3 Å². The Balaban J connectivity index is 1.83. The van der Waals surface area contributed by atoms with Gasteiger partial charge in [-0.3, -0.25) is 4.79 Å². The first-order valence-electron chi connectivity index (χ1n) is 8.93. The maximum Gasteiger partial charge on any atom is 0.256 e. The highest BCUT2D eigenvalue weighted by Crippen LogP contribution is 2.29. The highest BCUT2D eigenvalue weighted by molar-refractivity contribution is 7.13. The zero-order valence-electron chi connectivity index (χ0n) is 15.7. The third-order valence-corrected chi connectivity index (χ3v) is 5.34. The van der Waals surface area contributed by atoms with Gasteiger partial charge in [-0.15, -0.1) is 11.3 Å². The summed E-state index contributed by atoms with van der Waals surface area (Å²) >= 11 is 1.55. The van der Waals surface area contributed by atoms with E-state index in [1.807, 2.05) is 31.4 Å². The molecule has 1 N–H and O–H groups in total. The zero-order chi connectivity index (χ0) is 19.8. The average molecular weight is 394 g/mol. The quantitative estimate of drug-likeness (QED) is 0.501. The van der Waals surface area contributed by atoms with E-state index in [1.165, 1.54) is 6.07 Å². The van der Waals surface area contributed by atoms with Crippen LogP contribution in [0.25, 0.3) is 21.6 Å². The molecule has 0 aliphatic heterocycles. The summed E-state index contributed by atoms with van der Waals surface area (Å²) in [5.41, 5.74) is 2.68. The van der Waals surface area contributed by atoms with E-state index in [1.54, 1.807) is 47.3 Å². The number of aryl methyl sites for hydroxylation is 1.